The number of nitrogens with one attached hydrogen (secondary N) is 1. The number of allylic oxidation sites excluding steroid dienone is 1. The second-order valence-electron chi connectivity index (χ2n) is 3.32. The molecular weight excluding hydrogens is 124 g/mol. The second kappa shape index (κ2) is 2.36. The molecule has 0 spiro atoms. The molecule has 1 aliphatic heterocycles. The standard InChI is InChI=1S/C8H14N2/c9-8-3-1-2-6-4-10-5-7(6)8/h1,3,6-8,10H,2,4-5,9H2/t6-,7+,8-/m0/s1. The van der Waals surface area contributed by atoms with E-state index in [0.29, 0.717) is 12.0 Å². The summed E-state index contributed by atoms with van der Waals surface area (Å²) in [6.07, 6.45) is 5.60. The molecule has 1 fully saturated rings. The quantitative estimate of drug-likeness (QED) is 0.466. The van der Waals surface area contributed by atoms with Crippen molar-refractivity contribution in [3.8, 4) is 0 Å². The van der Waals surface area contributed by atoms with Gasteiger partial charge in [0.2, 0.25) is 0 Å². The minimum atomic E-state index is 0.314. The zero-order valence-electron chi connectivity index (χ0n) is 6.09. The van der Waals surface area contributed by atoms with Crippen LogP contribution in [0.15, 0.2) is 12.2 Å². The molecule has 0 aromatic carbocycles. The molecule has 1 saturated heterocycles. The normalized spacial score (nSPS) is 45.5. The van der Waals surface area contributed by atoms with Crippen LogP contribution in [0.5, 0.6) is 0 Å². The van der Waals surface area contributed by atoms with Gasteiger partial charge in [-0.25, -0.2) is 0 Å². The summed E-state index contributed by atoms with van der Waals surface area (Å²) in [5, 5.41) is 3.37. The summed E-state index contributed by atoms with van der Waals surface area (Å²) in [5.74, 6) is 1.53. The molecule has 10 heavy (non-hydrogen) atoms. The molecule has 0 aromatic rings. The summed E-state index contributed by atoms with van der Waals surface area (Å²) >= 11 is 0. The van der Waals surface area contributed by atoms with Gasteiger partial charge in [0.25, 0.3) is 0 Å². The Morgan fingerprint density at radius 2 is 2.30 bits per heavy atom. The van der Waals surface area contributed by atoms with Crippen molar-refractivity contribution in [2.24, 2.45) is 17.6 Å². The van der Waals surface area contributed by atoms with Gasteiger partial charge in [-0.1, -0.05) is 12.2 Å². The Labute approximate surface area is 61.5 Å². The van der Waals surface area contributed by atoms with Gasteiger partial charge in [-0.3, -0.25) is 0 Å². The molecule has 0 saturated carbocycles. The highest BCUT2D eigenvalue weighted by molar-refractivity contribution is 5.06. The van der Waals surface area contributed by atoms with Crippen molar-refractivity contribution < 1.29 is 0 Å². The summed E-state index contributed by atoms with van der Waals surface area (Å²) in [6.45, 7) is 2.29. The Kier molecular flexibility index (Phi) is 1.51. The van der Waals surface area contributed by atoms with Crippen LogP contribution in [-0.2, 0) is 0 Å². The molecule has 2 nitrogen and oxygen atoms in total. The third kappa shape index (κ3) is 0.879. The van der Waals surface area contributed by atoms with E-state index in [1.165, 1.54) is 13.0 Å². The lowest BCUT2D eigenvalue weighted by Crippen LogP contribution is -2.35. The fourth-order valence-electron chi connectivity index (χ4n) is 2.02. The summed E-state index contributed by atoms with van der Waals surface area (Å²) in [5.41, 5.74) is 5.89. The average Bonchev–Trinajstić information content (AvgIpc) is 2.36. The van der Waals surface area contributed by atoms with E-state index in [1.54, 1.807) is 0 Å². The molecule has 2 rings (SSSR count). The van der Waals surface area contributed by atoms with Crippen LogP contribution in [-0.4, -0.2) is 19.1 Å². The predicted molar refractivity (Wildman–Crippen MR) is 41.6 cm³/mol. The molecule has 56 valence electrons. The van der Waals surface area contributed by atoms with Crippen molar-refractivity contribution in [1.29, 1.82) is 0 Å². The summed E-state index contributed by atoms with van der Waals surface area (Å²) in [6, 6.07) is 0.314. The zero-order chi connectivity index (χ0) is 6.97. The first-order valence-electron chi connectivity index (χ1n) is 4.01. The van der Waals surface area contributed by atoms with Gasteiger partial charge < -0.3 is 11.1 Å². The van der Waals surface area contributed by atoms with Crippen LogP contribution in [0.1, 0.15) is 6.42 Å². The van der Waals surface area contributed by atoms with Crippen LogP contribution in [0.25, 0.3) is 0 Å². The second-order valence-corrected chi connectivity index (χ2v) is 3.32. The highest BCUT2D eigenvalue weighted by Gasteiger charge is 2.31. The molecule has 0 amide bonds. The largest absolute Gasteiger partial charge is 0.324 e. The van der Waals surface area contributed by atoms with Crippen molar-refractivity contribution in [1.82, 2.24) is 5.32 Å². The van der Waals surface area contributed by atoms with Crippen molar-refractivity contribution in [2.75, 3.05) is 13.1 Å². The lowest BCUT2D eigenvalue weighted by molar-refractivity contribution is 0.371. The Bertz CT molecular complexity index is 153. The molecule has 0 unspecified atom stereocenters. The Morgan fingerprint density at radius 1 is 1.40 bits per heavy atom. The highest BCUT2D eigenvalue weighted by atomic mass is 14.9. The molecule has 0 bridgehead atoms. The fourth-order valence-corrected chi connectivity index (χ4v) is 2.02. The summed E-state index contributed by atoms with van der Waals surface area (Å²) < 4.78 is 0. The predicted octanol–water partition coefficient (Wildman–Crippen LogP) is 0.109. The number of fused-ring (bicyclic) bond motifs is 1. The number of hydrogen-bond acceptors (Lipinski definition) is 2. The minimum absolute atomic E-state index is 0.314. The topological polar surface area (TPSA) is 38.0 Å². The van der Waals surface area contributed by atoms with Gasteiger partial charge in [-0.2, -0.15) is 0 Å². The lowest BCUT2D eigenvalue weighted by Gasteiger charge is -2.25. The monoisotopic (exact) mass is 138 g/mol. The Morgan fingerprint density at radius 3 is 3.10 bits per heavy atom. The first-order chi connectivity index (χ1) is 4.88. The van der Waals surface area contributed by atoms with E-state index >= 15 is 0 Å². The third-order valence-corrected chi connectivity index (χ3v) is 2.68. The van der Waals surface area contributed by atoms with Crippen molar-refractivity contribution in [2.45, 2.75) is 12.5 Å². The Balaban J connectivity index is 2.13. The smallest absolute Gasteiger partial charge is 0.0267 e. The average molecular weight is 138 g/mol. The first-order valence-corrected chi connectivity index (χ1v) is 4.01. The molecule has 3 N–H and O–H groups in total. The van der Waals surface area contributed by atoms with Crippen LogP contribution in [0.4, 0.5) is 0 Å². The molecular formula is C8H14N2. The Hall–Kier alpha value is -0.340. The van der Waals surface area contributed by atoms with E-state index in [2.05, 4.69) is 17.5 Å². The maximum Gasteiger partial charge on any atom is 0.0267 e. The SMILES string of the molecule is N[C@H]1C=CC[C@H]2CNC[C@H]21. The van der Waals surface area contributed by atoms with Crippen LogP contribution in [0, 0.1) is 11.8 Å². The summed E-state index contributed by atoms with van der Waals surface area (Å²) in [4.78, 5) is 0. The highest BCUT2D eigenvalue weighted by Crippen LogP contribution is 2.27. The molecule has 1 heterocycles. The van der Waals surface area contributed by atoms with E-state index in [4.69, 9.17) is 5.73 Å². The maximum absolute atomic E-state index is 5.89. The van der Waals surface area contributed by atoms with Crippen LogP contribution < -0.4 is 11.1 Å². The van der Waals surface area contributed by atoms with E-state index < -0.39 is 0 Å². The van der Waals surface area contributed by atoms with Gasteiger partial charge in [-0.15, -0.1) is 0 Å². The van der Waals surface area contributed by atoms with Crippen molar-refractivity contribution >= 4 is 0 Å². The molecule has 2 heteroatoms. The van der Waals surface area contributed by atoms with Crippen molar-refractivity contribution in [3.63, 3.8) is 0 Å². The van der Waals surface area contributed by atoms with E-state index in [0.717, 1.165) is 12.5 Å². The van der Waals surface area contributed by atoms with Gasteiger partial charge in [0, 0.05) is 12.6 Å². The summed E-state index contributed by atoms with van der Waals surface area (Å²) in [7, 11) is 0. The minimum Gasteiger partial charge on any atom is -0.324 e. The number of rotatable bonds is 0. The van der Waals surface area contributed by atoms with E-state index in [-0.39, 0.29) is 0 Å². The molecule has 3 atom stereocenters. The number of nitrogens with two attached hydrogens (primary N) is 1. The van der Waals surface area contributed by atoms with Gasteiger partial charge >= 0.3 is 0 Å². The first kappa shape index (κ1) is 6.38. The van der Waals surface area contributed by atoms with Crippen LogP contribution in [0.2, 0.25) is 0 Å². The van der Waals surface area contributed by atoms with Gasteiger partial charge in [0.15, 0.2) is 0 Å². The third-order valence-electron chi connectivity index (χ3n) is 2.68. The number of hydrogen-bond donors (Lipinski definition) is 2. The van der Waals surface area contributed by atoms with Gasteiger partial charge in [-0.05, 0) is 24.8 Å². The van der Waals surface area contributed by atoms with Crippen LogP contribution >= 0.6 is 0 Å². The van der Waals surface area contributed by atoms with E-state index in [1.807, 2.05) is 0 Å². The lowest BCUT2D eigenvalue weighted by atomic mass is 9.83. The molecule has 2 aliphatic rings. The van der Waals surface area contributed by atoms with E-state index in [9.17, 15) is 0 Å². The fraction of sp³-hybridized carbons (Fsp3) is 0.750. The maximum atomic E-state index is 5.89. The molecule has 0 radical (unpaired) electrons. The van der Waals surface area contributed by atoms with Crippen molar-refractivity contribution in [3.05, 3.63) is 12.2 Å². The molecule has 1 aliphatic carbocycles. The van der Waals surface area contributed by atoms with Gasteiger partial charge in [0.05, 0.1) is 0 Å². The van der Waals surface area contributed by atoms with Crippen LogP contribution in [0.3, 0.4) is 0 Å². The molecule has 0 aromatic heterocycles. The van der Waals surface area contributed by atoms with Gasteiger partial charge in [0.1, 0.15) is 0 Å². The zero-order valence-corrected chi connectivity index (χ0v) is 6.09.